The molecule has 0 aromatic heterocycles. The predicted molar refractivity (Wildman–Crippen MR) is 85.2 cm³/mol. The summed E-state index contributed by atoms with van der Waals surface area (Å²) in [4.78, 5) is 12.8. The average molecular weight is 357 g/mol. The highest BCUT2D eigenvalue weighted by molar-refractivity contribution is 8.00. The maximum absolute atomic E-state index is 13.0. The normalized spacial score (nSPS) is 11.4. The molecule has 0 aliphatic rings. The second kappa shape index (κ2) is 7.70. The van der Waals surface area contributed by atoms with Crippen molar-refractivity contribution < 1.29 is 22.4 Å². The first-order valence-electron chi connectivity index (χ1n) is 7.08. The van der Waals surface area contributed by atoms with Crippen molar-refractivity contribution in [3.8, 4) is 0 Å². The van der Waals surface area contributed by atoms with Gasteiger partial charge in [0, 0.05) is 11.4 Å². The van der Waals surface area contributed by atoms with E-state index in [1.807, 2.05) is 31.2 Å². The highest BCUT2D eigenvalue weighted by Gasteiger charge is 2.33. The molecule has 128 valence electrons. The van der Waals surface area contributed by atoms with Gasteiger partial charge in [-0.25, -0.2) is 4.39 Å². The molecule has 0 atom stereocenters. The zero-order valence-corrected chi connectivity index (χ0v) is 13.6. The SMILES string of the molecule is Cc1ccccc1SCC(=O)NCc1ccc(F)cc1C(F)(F)F. The van der Waals surface area contributed by atoms with Crippen LogP contribution in [0.5, 0.6) is 0 Å². The number of halogens is 4. The van der Waals surface area contributed by atoms with Crippen LogP contribution in [0.3, 0.4) is 0 Å². The Balaban J connectivity index is 1.96. The van der Waals surface area contributed by atoms with Crippen LogP contribution in [-0.4, -0.2) is 11.7 Å². The average Bonchev–Trinajstić information content (AvgIpc) is 2.52. The van der Waals surface area contributed by atoms with Gasteiger partial charge in [0.1, 0.15) is 5.82 Å². The van der Waals surface area contributed by atoms with Gasteiger partial charge in [0.15, 0.2) is 0 Å². The minimum Gasteiger partial charge on any atom is -0.351 e. The number of hydrogen-bond donors (Lipinski definition) is 1. The number of thioether (sulfide) groups is 1. The largest absolute Gasteiger partial charge is 0.416 e. The summed E-state index contributed by atoms with van der Waals surface area (Å²) < 4.78 is 51.7. The molecule has 1 amide bonds. The monoisotopic (exact) mass is 357 g/mol. The van der Waals surface area contributed by atoms with E-state index in [4.69, 9.17) is 0 Å². The lowest BCUT2D eigenvalue weighted by Crippen LogP contribution is -2.26. The molecular formula is C17H15F4NOS. The van der Waals surface area contributed by atoms with Crippen molar-refractivity contribution in [2.24, 2.45) is 0 Å². The lowest BCUT2D eigenvalue weighted by molar-refractivity contribution is -0.138. The Kier molecular flexibility index (Phi) is 5.88. The van der Waals surface area contributed by atoms with E-state index in [1.165, 1.54) is 11.8 Å². The number of amides is 1. The lowest BCUT2D eigenvalue weighted by atomic mass is 10.1. The molecule has 0 unspecified atom stereocenters. The summed E-state index contributed by atoms with van der Waals surface area (Å²) in [6.45, 7) is 1.61. The summed E-state index contributed by atoms with van der Waals surface area (Å²) in [6, 6.07) is 9.92. The van der Waals surface area contributed by atoms with Crippen molar-refractivity contribution in [2.45, 2.75) is 24.5 Å². The zero-order valence-electron chi connectivity index (χ0n) is 12.8. The molecule has 1 N–H and O–H groups in total. The third-order valence-electron chi connectivity index (χ3n) is 3.31. The molecule has 2 aromatic rings. The number of nitrogens with one attached hydrogen (secondary N) is 1. The van der Waals surface area contributed by atoms with E-state index in [0.29, 0.717) is 6.07 Å². The van der Waals surface area contributed by atoms with E-state index in [2.05, 4.69) is 5.32 Å². The topological polar surface area (TPSA) is 29.1 Å². The molecule has 0 spiro atoms. The number of carbonyl (C=O) groups excluding carboxylic acids is 1. The van der Waals surface area contributed by atoms with Crippen LogP contribution in [0.25, 0.3) is 0 Å². The number of benzene rings is 2. The van der Waals surface area contributed by atoms with Crippen LogP contribution >= 0.6 is 11.8 Å². The van der Waals surface area contributed by atoms with Crippen molar-refractivity contribution in [1.29, 1.82) is 0 Å². The van der Waals surface area contributed by atoms with Gasteiger partial charge in [0.25, 0.3) is 0 Å². The Morgan fingerprint density at radius 3 is 2.54 bits per heavy atom. The molecule has 7 heteroatoms. The summed E-state index contributed by atoms with van der Waals surface area (Å²) in [5, 5.41) is 2.44. The summed E-state index contributed by atoms with van der Waals surface area (Å²) in [6.07, 6.45) is -4.67. The predicted octanol–water partition coefficient (Wildman–Crippen LogP) is 4.56. The second-order valence-electron chi connectivity index (χ2n) is 5.13. The maximum atomic E-state index is 13.0. The van der Waals surface area contributed by atoms with Gasteiger partial charge < -0.3 is 5.32 Å². The fourth-order valence-corrected chi connectivity index (χ4v) is 2.93. The smallest absolute Gasteiger partial charge is 0.351 e. The summed E-state index contributed by atoms with van der Waals surface area (Å²) in [5.74, 6) is -1.26. The van der Waals surface area contributed by atoms with Crippen molar-refractivity contribution in [3.05, 3.63) is 65.0 Å². The van der Waals surface area contributed by atoms with Gasteiger partial charge in [0.05, 0.1) is 11.3 Å². The first kappa shape index (κ1) is 18.3. The van der Waals surface area contributed by atoms with E-state index in [-0.39, 0.29) is 23.8 Å². The standard InChI is InChI=1S/C17H15F4NOS/c1-11-4-2-3-5-15(11)24-10-16(23)22-9-12-6-7-13(18)8-14(12)17(19,20)21/h2-8H,9-10H2,1H3,(H,22,23). The summed E-state index contributed by atoms with van der Waals surface area (Å²) >= 11 is 1.31. The van der Waals surface area contributed by atoms with Gasteiger partial charge in [-0.1, -0.05) is 24.3 Å². The molecule has 0 heterocycles. The Morgan fingerprint density at radius 1 is 1.17 bits per heavy atom. The van der Waals surface area contributed by atoms with Crippen LogP contribution in [0.15, 0.2) is 47.4 Å². The van der Waals surface area contributed by atoms with Crippen LogP contribution in [-0.2, 0) is 17.5 Å². The molecule has 2 aromatic carbocycles. The van der Waals surface area contributed by atoms with Crippen LogP contribution in [0.1, 0.15) is 16.7 Å². The van der Waals surface area contributed by atoms with Crippen molar-refractivity contribution >= 4 is 17.7 Å². The molecule has 2 rings (SSSR count). The van der Waals surface area contributed by atoms with Crippen LogP contribution in [0.2, 0.25) is 0 Å². The fourth-order valence-electron chi connectivity index (χ4n) is 2.07. The van der Waals surface area contributed by atoms with E-state index < -0.39 is 17.6 Å². The van der Waals surface area contributed by atoms with E-state index in [9.17, 15) is 22.4 Å². The number of alkyl halides is 3. The van der Waals surface area contributed by atoms with Crippen molar-refractivity contribution in [3.63, 3.8) is 0 Å². The van der Waals surface area contributed by atoms with Gasteiger partial charge in [-0.3, -0.25) is 4.79 Å². The van der Waals surface area contributed by atoms with Gasteiger partial charge in [-0.15, -0.1) is 11.8 Å². The molecule has 2 nitrogen and oxygen atoms in total. The fraction of sp³-hybridized carbons (Fsp3) is 0.235. The van der Waals surface area contributed by atoms with Crippen LogP contribution in [0.4, 0.5) is 17.6 Å². The van der Waals surface area contributed by atoms with Crippen molar-refractivity contribution in [1.82, 2.24) is 5.32 Å². The number of hydrogen-bond acceptors (Lipinski definition) is 2. The molecule has 0 saturated carbocycles. The van der Waals surface area contributed by atoms with Crippen molar-refractivity contribution in [2.75, 3.05) is 5.75 Å². The third-order valence-corrected chi connectivity index (χ3v) is 4.48. The first-order valence-corrected chi connectivity index (χ1v) is 8.06. The van der Waals surface area contributed by atoms with Gasteiger partial charge >= 0.3 is 6.18 Å². The highest BCUT2D eigenvalue weighted by Crippen LogP contribution is 2.32. The van der Waals surface area contributed by atoms with E-state index >= 15 is 0 Å². The van der Waals surface area contributed by atoms with Gasteiger partial charge in [-0.05, 0) is 36.2 Å². The Labute approximate surface area is 141 Å². The quantitative estimate of drug-likeness (QED) is 0.628. The minimum absolute atomic E-state index is 0.0907. The lowest BCUT2D eigenvalue weighted by Gasteiger charge is -2.13. The number of aryl methyl sites for hydroxylation is 1. The molecule has 0 radical (unpaired) electrons. The minimum atomic E-state index is -4.67. The number of rotatable bonds is 5. The Morgan fingerprint density at radius 2 is 1.88 bits per heavy atom. The summed E-state index contributed by atoms with van der Waals surface area (Å²) in [5.41, 5.74) is -0.222. The molecule has 24 heavy (non-hydrogen) atoms. The molecule has 0 fully saturated rings. The van der Waals surface area contributed by atoms with Gasteiger partial charge in [0.2, 0.25) is 5.91 Å². The molecule has 0 bridgehead atoms. The van der Waals surface area contributed by atoms with E-state index in [0.717, 1.165) is 22.6 Å². The Bertz CT molecular complexity index is 731. The number of carbonyl (C=O) groups is 1. The van der Waals surface area contributed by atoms with Gasteiger partial charge in [-0.2, -0.15) is 13.2 Å². The molecule has 0 aliphatic heterocycles. The molecule has 0 aliphatic carbocycles. The third kappa shape index (κ3) is 4.99. The van der Waals surface area contributed by atoms with Crippen LogP contribution in [0, 0.1) is 12.7 Å². The molecular weight excluding hydrogens is 342 g/mol. The molecule has 0 saturated heterocycles. The highest BCUT2D eigenvalue weighted by atomic mass is 32.2. The maximum Gasteiger partial charge on any atom is 0.416 e. The van der Waals surface area contributed by atoms with Crippen LogP contribution < -0.4 is 5.32 Å². The second-order valence-corrected chi connectivity index (χ2v) is 6.15. The Hall–Kier alpha value is -2.02. The zero-order chi connectivity index (χ0) is 17.7. The summed E-state index contributed by atoms with van der Waals surface area (Å²) in [7, 11) is 0. The first-order chi connectivity index (χ1) is 11.3. The van der Waals surface area contributed by atoms with E-state index in [1.54, 1.807) is 0 Å².